The number of aliphatic hydroxyl groups excluding tert-OH is 1. The second kappa shape index (κ2) is 6.11. The lowest BCUT2D eigenvalue weighted by Crippen LogP contribution is -2.14. The molecule has 0 amide bonds. The first-order valence-electron chi connectivity index (χ1n) is 6.79. The van der Waals surface area contributed by atoms with Gasteiger partial charge in [-0.1, -0.05) is 0 Å². The monoisotopic (exact) mass is 303 g/mol. The Balaban J connectivity index is 1.80. The quantitative estimate of drug-likeness (QED) is 0.652. The Bertz CT molecular complexity index is 709. The van der Waals surface area contributed by atoms with Gasteiger partial charge in [0.1, 0.15) is 5.82 Å². The zero-order chi connectivity index (χ0) is 14.7. The fourth-order valence-electron chi connectivity index (χ4n) is 2.09. The van der Waals surface area contributed by atoms with Gasteiger partial charge in [0.2, 0.25) is 0 Å². The van der Waals surface area contributed by atoms with E-state index in [-0.39, 0.29) is 0 Å². The number of nitrogens with zero attached hydrogens (tertiary/aromatic N) is 3. The summed E-state index contributed by atoms with van der Waals surface area (Å²) < 4.78 is 1.91. The first-order valence-corrected chi connectivity index (χ1v) is 7.74. The van der Waals surface area contributed by atoms with E-state index in [1.807, 2.05) is 40.5 Å². The average Bonchev–Trinajstić information content (AvgIpc) is 3.15. The zero-order valence-electron chi connectivity index (χ0n) is 11.7. The summed E-state index contributed by atoms with van der Waals surface area (Å²) >= 11 is 1.57. The normalized spacial score (nSPS) is 12.5. The van der Waals surface area contributed by atoms with Gasteiger partial charge in [-0.3, -0.25) is 0 Å². The molecule has 0 aromatic carbocycles. The molecule has 1 unspecified atom stereocenters. The van der Waals surface area contributed by atoms with E-state index in [1.54, 1.807) is 17.5 Å². The van der Waals surface area contributed by atoms with Gasteiger partial charge in [0.05, 0.1) is 12.3 Å². The highest BCUT2D eigenvalue weighted by atomic mass is 32.1. The van der Waals surface area contributed by atoms with E-state index in [0.29, 0.717) is 12.4 Å². The topological polar surface area (TPSA) is 74.5 Å². The maximum absolute atomic E-state index is 10.1. The summed E-state index contributed by atoms with van der Waals surface area (Å²) in [6, 6.07) is 1.92. The van der Waals surface area contributed by atoms with Gasteiger partial charge in [-0.25, -0.2) is 9.97 Å². The summed E-state index contributed by atoms with van der Waals surface area (Å²) in [7, 11) is 0. The number of aromatic nitrogens is 3. The van der Waals surface area contributed by atoms with Gasteiger partial charge in [0.15, 0.2) is 11.5 Å². The predicted octanol–water partition coefficient (Wildman–Crippen LogP) is 2.37. The van der Waals surface area contributed by atoms with Crippen LogP contribution in [0.15, 0.2) is 35.4 Å². The number of hydrogen-bond acceptors (Lipinski definition) is 6. The smallest absolute Gasteiger partial charge is 0.180 e. The minimum absolute atomic E-state index is 0.391. The maximum Gasteiger partial charge on any atom is 0.180 e. The standard InChI is InChI=1S/C14H17N5OS/c1-2-15-12-8-19-5-4-16-14(19)13(18-12)17-7-11(20)10-3-6-21-9-10/h3-6,8-9,11,15,20H,2,7H2,1H3,(H,17,18). The predicted molar refractivity (Wildman–Crippen MR) is 84.9 cm³/mol. The molecule has 7 heteroatoms. The third-order valence-corrected chi connectivity index (χ3v) is 3.82. The highest BCUT2D eigenvalue weighted by molar-refractivity contribution is 7.07. The second-order valence-corrected chi connectivity index (χ2v) is 5.40. The lowest BCUT2D eigenvalue weighted by Gasteiger charge is -2.13. The number of imidazole rings is 1. The van der Waals surface area contributed by atoms with Gasteiger partial charge < -0.3 is 20.1 Å². The largest absolute Gasteiger partial charge is 0.387 e. The van der Waals surface area contributed by atoms with Crippen LogP contribution in [0.1, 0.15) is 18.6 Å². The molecule has 1 atom stereocenters. The number of nitrogens with one attached hydrogen (secondary N) is 2. The average molecular weight is 303 g/mol. The number of rotatable bonds is 6. The number of thiophene rings is 1. The van der Waals surface area contributed by atoms with Crippen molar-refractivity contribution in [2.24, 2.45) is 0 Å². The molecule has 3 aromatic heterocycles. The van der Waals surface area contributed by atoms with Crippen LogP contribution in [-0.4, -0.2) is 32.6 Å². The van der Waals surface area contributed by atoms with Crippen LogP contribution in [0, 0.1) is 0 Å². The lowest BCUT2D eigenvalue weighted by molar-refractivity contribution is 0.192. The molecule has 21 heavy (non-hydrogen) atoms. The van der Waals surface area contributed by atoms with E-state index in [2.05, 4.69) is 20.6 Å². The highest BCUT2D eigenvalue weighted by Crippen LogP contribution is 2.20. The molecule has 0 aliphatic heterocycles. The van der Waals surface area contributed by atoms with Crippen molar-refractivity contribution in [3.8, 4) is 0 Å². The SMILES string of the molecule is CCNc1cn2ccnc2c(NCC(O)c2ccsc2)n1. The molecule has 0 saturated carbocycles. The first kappa shape index (κ1) is 13.8. The molecular formula is C14H17N5OS. The summed E-state index contributed by atoms with van der Waals surface area (Å²) in [5, 5.41) is 20.4. The number of anilines is 2. The van der Waals surface area contributed by atoms with E-state index in [4.69, 9.17) is 0 Å². The van der Waals surface area contributed by atoms with Crippen molar-refractivity contribution >= 4 is 28.6 Å². The third kappa shape index (κ3) is 2.98. The Labute approximate surface area is 126 Å². The van der Waals surface area contributed by atoms with Crippen LogP contribution in [0.5, 0.6) is 0 Å². The van der Waals surface area contributed by atoms with Crippen molar-refractivity contribution < 1.29 is 5.11 Å². The molecule has 110 valence electrons. The summed E-state index contributed by atoms with van der Waals surface area (Å²) in [6.07, 6.45) is 4.94. The van der Waals surface area contributed by atoms with Gasteiger partial charge >= 0.3 is 0 Å². The summed E-state index contributed by atoms with van der Waals surface area (Å²) in [5.41, 5.74) is 1.66. The third-order valence-electron chi connectivity index (χ3n) is 3.12. The fourth-order valence-corrected chi connectivity index (χ4v) is 2.80. The van der Waals surface area contributed by atoms with E-state index in [1.165, 1.54) is 0 Å². The van der Waals surface area contributed by atoms with Gasteiger partial charge in [0.25, 0.3) is 0 Å². The van der Waals surface area contributed by atoms with Gasteiger partial charge in [-0.15, -0.1) is 0 Å². The molecule has 3 rings (SSSR count). The van der Waals surface area contributed by atoms with Crippen LogP contribution >= 0.6 is 11.3 Å². The maximum atomic E-state index is 10.1. The second-order valence-electron chi connectivity index (χ2n) is 4.62. The summed E-state index contributed by atoms with van der Waals surface area (Å²) in [4.78, 5) is 8.79. The van der Waals surface area contributed by atoms with Gasteiger partial charge in [0, 0.05) is 25.5 Å². The molecule has 0 radical (unpaired) electrons. The van der Waals surface area contributed by atoms with E-state index < -0.39 is 6.10 Å². The van der Waals surface area contributed by atoms with Gasteiger partial charge in [-0.2, -0.15) is 11.3 Å². The molecule has 3 aromatic rings. The van der Waals surface area contributed by atoms with Crippen LogP contribution in [0.25, 0.3) is 5.65 Å². The highest BCUT2D eigenvalue weighted by Gasteiger charge is 2.11. The molecule has 0 fully saturated rings. The van der Waals surface area contributed by atoms with Crippen molar-refractivity contribution in [1.29, 1.82) is 0 Å². The minimum Gasteiger partial charge on any atom is -0.387 e. The fraction of sp³-hybridized carbons (Fsp3) is 0.286. The first-order chi connectivity index (χ1) is 10.3. The van der Waals surface area contributed by atoms with E-state index in [9.17, 15) is 5.11 Å². The number of aliphatic hydroxyl groups is 1. The van der Waals surface area contributed by atoms with Gasteiger partial charge in [-0.05, 0) is 29.3 Å². The summed E-state index contributed by atoms with van der Waals surface area (Å²) in [5.74, 6) is 1.43. The minimum atomic E-state index is -0.559. The molecule has 3 heterocycles. The van der Waals surface area contributed by atoms with Crippen molar-refractivity contribution in [1.82, 2.24) is 14.4 Å². The van der Waals surface area contributed by atoms with Crippen LogP contribution in [0.4, 0.5) is 11.6 Å². The van der Waals surface area contributed by atoms with E-state index in [0.717, 1.165) is 23.6 Å². The van der Waals surface area contributed by atoms with Crippen molar-refractivity contribution in [2.45, 2.75) is 13.0 Å². The van der Waals surface area contributed by atoms with Crippen molar-refractivity contribution in [3.05, 3.63) is 41.0 Å². The van der Waals surface area contributed by atoms with Crippen LogP contribution < -0.4 is 10.6 Å². The Hall–Kier alpha value is -2.12. The molecular weight excluding hydrogens is 286 g/mol. The Kier molecular flexibility index (Phi) is 4.03. The molecule has 0 aliphatic carbocycles. The lowest BCUT2D eigenvalue weighted by atomic mass is 10.2. The Morgan fingerprint density at radius 1 is 1.43 bits per heavy atom. The molecule has 0 saturated heterocycles. The number of fused-ring (bicyclic) bond motifs is 1. The Morgan fingerprint density at radius 3 is 3.10 bits per heavy atom. The molecule has 3 N–H and O–H groups in total. The van der Waals surface area contributed by atoms with Crippen LogP contribution in [0.2, 0.25) is 0 Å². The number of hydrogen-bond donors (Lipinski definition) is 3. The molecule has 0 aliphatic rings. The zero-order valence-corrected chi connectivity index (χ0v) is 12.5. The van der Waals surface area contributed by atoms with E-state index >= 15 is 0 Å². The van der Waals surface area contributed by atoms with Crippen LogP contribution in [0.3, 0.4) is 0 Å². The van der Waals surface area contributed by atoms with Crippen molar-refractivity contribution in [2.75, 3.05) is 23.7 Å². The Morgan fingerprint density at radius 2 is 2.33 bits per heavy atom. The molecule has 0 bridgehead atoms. The summed E-state index contributed by atoms with van der Waals surface area (Å²) in [6.45, 7) is 3.21. The van der Waals surface area contributed by atoms with Crippen molar-refractivity contribution in [3.63, 3.8) is 0 Å². The molecule has 6 nitrogen and oxygen atoms in total. The molecule has 0 spiro atoms. The van der Waals surface area contributed by atoms with Crippen LogP contribution in [-0.2, 0) is 0 Å².